The third-order valence-electron chi connectivity index (χ3n) is 3.83. The molecule has 0 unspecified atom stereocenters. The monoisotopic (exact) mass is 314 g/mol. The predicted molar refractivity (Wildman–Crippen MR) is 89.3 cm³/mol. The van der Waals surface area contributed by atoms with Crippen LogP contribution in [0.5, 0.6) is 0 Å². The van der Waals surface area contributed by atoms with Crippen LogP contribution in [0.25, 0.3) is 0 Å². The molecule has 0 N–H and O–H groups in total. The van der Waals surface area contributed by atoms with Gasteiger partial charge in [0.05, 0.1) is 26.2 Å². The number of ketones is 1. The van der Waals surface area contributed by atoms with E-state index in [4.69, 9.17) is 11.2 Å². The molecule has 0 spiro atoms. The van der Waals surface area contributed by atoms with E-state index in [-0.39, 0.29) is 24.5 Å². The molecule has 1 aromatic rings. The average Bonchev–Trinajstić information content (AvgIpc) is 2.56. The standard InChI is InChI=1S/C18H22N2O3/c1-3-8-19(2)17-7-5-4-6-15(17)13-16(21)14-18(22)20-9-11-23-12-10-20/h1,4-7H,8-14H2,2H3. The quantitative estimate of drug-likeness (QED) is 0.583. The van der Waals surface area contributed by atoms with E-state index in [0.717, 1.165) is 11.3 Å². The van der Waals surface area contributed by atoms with Crippen molar-refractivity contribution < 1.29 is 14.3 Å². The van der Waals surface area contributed by atoms with Crippen LogP contribution in [0.15, 0.2) is 24.3 Å². The first-order valence-corrected chi connectivity index (χ1v) is 7.71. The van der Waals surface area contributed by atoms with Crippen molar-refractivity contribution in [1.82, 2.24) is 4.90 Å². The van der Waals surface area contributed by atoms with Crippen LogP contribution < -0.4 is 4.90 Å². The molecule has 0 aliphatic carbocycles. The number of ether oxygens (including phenoxy) is 1. The Hall–Kier alpha value is -2.32. The van der Waals surface area contributed by atoms with Gasteiger partial charge in [-0.3, -0.25) is 9.59 Å². The van der Waals surface area contributed by atoms with Crippen LogP contribution in [0.4, 0.5) is 5.69 Å². The van der Waals surface area contributed by atoms with Gasteiger partial charge in [-0.2, -0.15) is 0 Å². The molecular formula is C18H22N2O3. The van der Waals surface area contributed by atoms with Crippen molar-refractivity contribution in [2.24, 2.45) is 0 Å². The molecule has 0 atom stereocenters. The first-order valence-electron chi connectivity index (χ1n) is 7.71. The van der Waals surface area contributed by atoms with Crippen molar-refractivity contribution in [3.63, 3.8) is 0 Å². The molecule has 0 bridgehead atoms. The van der Waals surface area contributed by atoms with Gasteiger partial charge in [0.1, 0.15) is 5.78 Å². The largest absolute Gasteiger partial charge is 0.378 e. The summed E-state index contributed by atoms with van der Waals surface area (Å²) in [4.78, 5) is 28.0. The average molecular weight is 314 g/mol. The highest BCUT2D eigenvalue weighted by molar-refractivity contribution is 5.99. The van der Waals surface area contributed by atoms with Crippen LogP contribution in [0.3, 0.4) is 0 Å². The third-order valence-corrected chi connectivity index (χ3v) is 3.83. The zero-order valence-corrected chi connectivity index (χ0v) is 13.5. The van der Waals surface area contributed by atoms with Gasteiger partial charge >= 0.3 is 0 Å². The summed E-state index contributed by atoms with van der Waals surface area (Å²) in [6, 6.07) is 7.64. The summed E-state index contributed by atoms with van der Waals surface area (Å²) in [6.07, 6.45) is 5.52. The van der Waals surface area contributed by atoms with Gasteiger partial charge in [0.2, 0.25) is 5.91 Å². The minimum Gasteiger partial charge on any atom is -0.378 e. The Morgan fingerprint density at radius 2 is 2.00 bits per heavy atom. The van der Waals surface area contributed by atoms with Gasteiger partial charge in [-0.1, -0.05) is 24.1 Å². The fourth-order valence-corrected chi connectivity index (χ4v) is 2.62. The van der Waals surface area contributed by atoms with E-state index in [2.05, 4.69) is 5.92 Å². The highest BCUT2D eigenvalue weighted by Gasteiger charge is 2.20. The zero-order chi connectivity index (χ0) is 16.7. The van der Waals surface area contributed by atoms with Crippen molar-refractivity contribution in [1.29, 1.82) is 0 Å². The number of carbonyl (C=O) groups is 2. The number of amides is 1. The molecule has 23 heavy (non-hydrogen) atoms. The fourth-order valence-electron chi connectivity index (χ4n) is 2.62. The number of hydrogen-bond donors (Lipinski definition) is 0. The van der Waals surface area contributed by atoms with Crippen LogP contribution in [-0.2, 0) is 20.7 Å². The second-order valence-corrected chi connectivity index (χ2v) is 5.57. The number of anilines is 1. The molecule has 1 aliphatic heterocycles. The van der Waals surface area contributed by atoms with Gasteiger partial charge in [0.25, 0.3) is 0 Å². The molecule has 1 heterocycles. The lowest BCUT2D eigenvalue weighted by Crippen LogP contribution is -2.41. The Labute approximate surface area is 137 Å². The van der Waals surface area contributed by atoms with Gasteiger partial charge in [0, 0.05) is 32.2 Å². The van der Waals surface area contributed by atoms with Crippen molar-refractivity contribution in [2.75, 3.05) is 44.8 Å². The molecule has 2 rings (SSSR count). The van der Waals surface area contributed by atoms with Crippen LogP contribution in [0.1, 0.15) is 12.0 Å². The lowest BCUT2D eigenvalue weighted by atomic mass is 10.0. The minimum atomic E-state index is -0.118. The summed E-state index contributed by atoms with van der Waals surface area (Å²) in [5, 5.41) is 0. The number of morpholine rings is 1. The van der Waals surface area contributed by atoms with Crippen molar-refractivity contribution >= 4 is 17.4 Å². The van der Waals surface area contributed by atoms with Crippen LogP contribution in [0.2, 0.25) is 0 Å². The van der Waals surface area contributed by atoms with Gasteiger partial charge in [-0.25, -0.2) is 0 Å². The molecule has 1 saturated heterocycles. The highest BCUT2D eigenvalue weighted by atomic mass is 16.5. The van der Waals surface area contributed by atoms with Crippen LogP contribution in [0, 0.1) is 12.3 Å². The molecule has 1 amide bonds. The molecule has 1 aliphatic rings. The number of para-hydroxylation sites is 1. The number of benzene rings is 1. The molecule has 0 aromatic heterocycles. The first-order chi connectivity index (χ1) is 11.1. The summed E-state index contributed by atoms with van der Waals surface area (Å²) in [6.45, 7) is 2.68. The number of rotatable bonds is 6. The predicted octanol–water partition coefficient (Wildman–Crippen LogP) is 1.12. The lowest BCUT2D eigenvalue weighted by Gasteiger charge is -2.26. The Bertz CT molecular complexity index is 601. The molecule has 0 saturated carbocycles. The van der Waals surface area contributed by atoms with E-state index < -0.39 is 0 Å². The topological polar surface area (TPSA) is 49.9 Å². The van der Waals surface area contributed by atoms with E-state index in [1.54, 1.807) is 4.90 Å². The smallest absolute Gasteiger partial charge is 0.230 e. The molecule has 1 fully saturated rings. The third kappa shape index (κ3) is 4.83. The maximum Gasteiger partial charge on any atom is 0.230 e. The number of Topliss-reactive ketones (excluding diaryl/α,β-unsaturated/α-hetero) is 1. The SMILES string of the molecule is C#CCN(C)c1ccccc1CC(=O)CC(=O)N1CCOCC1. The Morgan fingerprint density at radius 3 is 2.70 bits per heavy atom. The van der Waals surface area contributed by atoms with Gasteiger partial charge in [-0.15, -0.1) is 6.42 Å². The Kier molecular flexibility index (Phi) is 6.19. The second kappa shape index (κ2) is 8.35. The Morgan fingerprint density at radius 1 is 1.30 bits per heavy atom. The Balaban J connectivity index is 1.97. The molecule has 5 heteroatoms. The van der Waals surface area contributed by atoms with Gasteiger partial charge in [-0.05, 0) is 11.6 Å². The van der Waals surface area contributed by atoms with E-state index in [0.29, 0.717) is 32.8 Å². The van der Waals surface area contributed by atoms with Gasteiger partial charge in [0.15, 0.2) is 0 Å². The number of hydrogen-bond acceptors (Lipinski definition) is 4. The summed E-state index contributed by atoms with van der Waals surface area (Å²) in [5.74, 6) is 2.39. The van der Waals surface area contributed by atoms with Crippen molar-refractivity contribution in [3.8, 4) is 12.3 Å². The summed E-state index contributed by atoms with van der Waals surface area (Å²) < 4.78 is 5.22. The van der Waals surface area contributed by atoms with Crippen LogP contribution >= 0.6 is 0 Å². The molecule has 5 nitrogen and oxygen atoms in total. The van der Waals surface area contributed by atoms with E-state index in [1.165, 1.54) is 0 Å². The number of terminal acetylenes is 1. The fraction of sp³-hybridized carbons (Fsp3) is 0.444. The van der Waals surface area contributed by atoms with Crippen LogP contribution in [-0.4, -0.2) is 56.5 Å². The maximum atomic E-state index is 12.3. The summed E-state index contributed by atoms with van der Waals surface area (Å²) in [7, 11) is 1.89. The normalized spacial score (nSPS) is 14.2. The lowest BCUT2D eigenvalue weighted by molar-refractivity contribution is -0.138. The molecule has 122 valence electrons. The molecule has 0 radical (unpaired) electrons. The number of carbonyl (C=O) groups excluding carboxylic acids is 2. The van der Waals surface area contributed by atoms with E-state index >= 15 is 0 Å². The van der Waals surface area contributed by atoms with E-state index in [1.807, 2.05) is 36.2 Å². The zero-order valence-electron chi connectivity index (χ0n) is 13.5. The number of nitrogens with zero attached hydrogens (tertiary/aromatic N) is 2. The molecule has 1 aromatic carbocycles. The second-order valence-electron chi connectivity index (χ2n) is 5.57. The molecular weight excluding hydrogens is 292 g/mol. The minimum absolute atomic E-state index is 0.0623. The maximum absolute atomic E-state index is 12.3. The summed E-state index contributed by atoms with van der Waals surface area (Å²) >= 11 is 0. The first kappa shape index (κ1) is 17.0. The van der Waals surface area contributed by atoms with Crippen molar-refractivity contribution in [3.05, 3.63) is 29.8 Å². The highest BCUT2D eigenvalue weighted by Crippen LogP contribution is 2.20. The van der Waals surface area contributed by atoms with Gasteiger partial charge < -0.3 is 14.5 Å². The summed E-state index contributed by atoms with van der Waals surface area (Å²) in [5.41, 5.74) is 1.82. The van der Waals surface area contributed by atoms with E-state index in [9.17, 15) is 9.59 Å². The van der Waals surface area contributed by atoms with Crippen molar-refractivity contribution in [2.45, 2.75) is 12.8 Å².